The maximum absolute atomic E-state index is 11.9. The van der Waals surface area contributed by atoms with Crippen molar-refractivity contribution in [2.24, 2.45) is 5.92 Å². The van der Waals surface area contributed by atoms with Crippen molar-refractivity contribution in [3.05, 3.63) is 24.0 Å². The Morgan fingerprint density at radius 3 is 2.89 bits per heavy atom. The van der Waals surface area contributed by atoms with Gasteiger partial charge in [0.25, 0.3) is 5.91 Å². The van der Waals surface area contributed by atoms with E-state index in [2.05, 4.69) is 29.5 Å². The SMILES string of the molecule is CNc1cnccc1C(=O)NCCOCCC(C)C. The third-order valence-corrected chi connectivity index (χ3v) is 2.71. The second kappa shape index (κ2) is 8.48. The number of nitrogens with one attached hydrogen (secondary N) is 2. The summed E-state index contributed by atoms with van der Waals surface area (Å²) < 4.78 is 5.44. The molecule has 0 spiro atoms. The lowest BCUT2D eigenvalue weighted by molar-refractivity contribution is 0.0906. The first-order valence-corrected chi connectivity index (χ1v) is 6.63. The Kier molecular flexibility index (Phi) is 6.89. The fourth-order valence-corrected chi connectivity index (χ4v) is 1.54. The maximum atomic E-state index is 11.9. The largest absolute Gasteiger partial charge is 0.386 e. The van der Waals surface area contributed by atoms with E-state index in [9.17, 15) is 4.79 Å². The molecule has 1 heterocycles. The number of aromatic nitrogens is 1. The fourth-order valence-electron chi connectivity index (χ4n) is 1.54. The van der Waals surface area contributed by atoms with Crippen LogP contribution in [0.2, 0.25) is 0 Å². The number of amides is 1. The van der Waals surface area contributed by atoms with Gasteiger partial charge in [-0.25, -0.2) is 0 Å². The molecule has 0 aliphatic rings. The summed E-state index contributed by atoms with van der Waals surface area (Å²) in [7, 11) is 1.77. The number of carbonyl (C=O) groups excluding carboxylic acids is 1. The van der Waals surface area contributed by atoms with Gasteiger partial charge in [-0.3, -0.25) is 9.78 Å². The molecule has 0 aliphatic carbocycles. The van der Waals surface area contributed by atoms with Crippen molar-refractivity contribution in [1.29, 1.82) is 0 Å². The van der Waals surface area contributed by atoms with Gasteiger partial charge in [-0.2, -0.15) is 0 Å². The molecule has 0 saturated heterocycles. The lowest BCUT2D eigenvalue weighted by Crippen LogP contribution is -2.28. The molecule has 0 fully saturated rings. The van der Waals surface area contributed by atoms with Crippen LogP contribution in [0.25, 0.3) is 0 Å². The molecule has 0 unspecified atom stereocenters. The number of pyridine rings is 1. The van der Waals surface area contributed by atoms with Gasteiger partial charge in [0.1, 0.15) is 0 Å². The Balaban J connectivity index is 2.28. The summed E-state index contributed by atoms with van der Waals surface area (Å²) in [4.78, 5) is 15.9. The van der Waals surface area contributed by atoms with Gasteiger partial charge in [-0.15, -0.1) is 0 Å². The van der Waals surface area contributed by atoms with Gasteiger partial charge in [-0.1, -0.05) is 13.8 Å². The van der Waals surface area contributed by atoms with Crippen molar-refractivity contribution in [3.63, 3.8) is 0 Å². The second-order valence-electron chi connectivity index (χ2n) is 4.72. The molecule has 1 aromatic heterocycles. The highest BCUT2D eigenvalue weighted by molar-refractivity contribution is 5.99. The molecule has 1 aromatic rings. The van der Waals surface area contributed by atoms with Crippen molar-refractivity contribution >= 4 is 11.6 Å². The molecular weight excluding hydrogens is 242 g/mol. The zero-order chi connectivity index (χ0) is 14.1. The highest BCUT2D eigenvalue weighted by atomic mass is 16.5. The minimum atomic E-state index is -0.112. The number of hydrogen-bond donors (Lipinski definition) is 2. The first kappa shape index (κ1) is 15.4. The van der Waals surface area contributed by atoms with Crippen LogP contribution in [0.3, 0.4) is 0 Å². The van der Waals surface area contributed by atoms with Crippen LogP contribution in [0, 0.1) is 5.92 Å². The normalized spacial score (nSPS) is 10.5. The first-order valence-electron chi connectivity index (χ1n) is 6.63. The molecule has 0 atom stereocenters. The van der Waals surface area contributed by atoms with E-state index in [1.807, 2.05) is 0 Å². The lowest BCUT2D eigenvalue weighted by atomic mass is 10.1. The molecule has 0 aliphatic heterocycles. The van der Waals surface area contributed by atoms with Crippen LogP contribution in [0.15, 0.2) is 18.5 Å². The smallest absolute Gasteiger partial charge is 0.253 e. The van der Waals surface area contributed by atoms with E-state index in [0.717, 1.165) is 18.7 Å². The second-order valence-corrected chi connectivity index (χ2v) is 4.72. The van der Waals surface area contributed by atoms with Crippen LogP contribution in [-0.2, 0) is 4.74 Å². The molecule has 19 heavy (non-hydrogen) atoms. The molecule has 2 N–H and O–H groups in total. The van der Waals surface area contributed by atoms with Crippen LogP contribution in [0.1, 0.15) is 30.6 Å². The zero-order valence-corrected chi connectivity index (χ0v) is 11.9. The number of rotatable bonds is 8. The van der Waals surface area contributed by atoms with Crippen molar-refractivity contribution < 1.29 is 9.53 Å². The van der Waals surface area contributed by atoms with Crippen LogP contribution in [0.5, 0.6) is 0 Å². The third-order valence-electron chi connectivity index (χ3n) is 2.71. The van der Waals surface area contributed by atoms with E-state index in [1.165, 1.54) is 0 Å². The summed E-state index contributed by atoms with van der Waals surface area (Å²) in [6, 6.07) is 1.70. The first-order chi connectivity index (χ1) is 9.15. The van der Waals surface area contributed by atoms with E-state index in [0.29, 0.717) is 24.6 Å². The predicted molar refractivity (Wildman–Crippen MR) is 76.4 cm³/mol. The average molecular weight is 265 g/mol. The van der Waals surface area contributed by atoms with E-state index < -0.39 is 0 Å². The standard InChI is InChI=1S/C14H23N3O2/c1-11(2)5-8-19-9-7-17-14(18)12-4-6-16-10-13(12)15-3/h4,6,10-11,15H,5,7-9H2,1-3H3,(H,17,18). The fraction of sp³-hybridized carbons (Fsp3) is 0.571. The molecular formula is C14H23N3O2. The predicted octanol–water partition coefficient (Wildman–Crippen LogP) is 1.92. The van der Waals surface area contributed by atoms with Gasteiger partial charge in [-0.05, 0) is 18.4 Å². The van der Waals surface area contributed by atoms with Gasteiger partial charge in [0.15, 0.2) is 0 Å². The highest BCUT2D eigenvalue weighted by Gasteiger charge is 2.09. The van der Waals surface area contributed by atoms with E-state index in [-0.39, 0.29) is 5.91 Å². The van der Waals surface area contributed by atoms with Crippen molar-refractivity contribution in [2.45, 2.75) is 20.3 Å². The summed E-state index contributed by atoms with van der Waals surface area (Å²) >= 11 is 0. The lowest BCUT2D eigenvalue weighted by Gasteiger charge is -2.10. The Bertz CT molecular complexity index is 394. The molecule has 0 bridgehead atoms. The van der Waals surface area contributed by atoms with E-state index >= 15 is 0 Å². The van der Waals surface area contributed by atoms with Crippen molar-refractivity contribution in [1.82, 2.24) is 10.3 Å². The van der Waals surface area contributed by atoms with Gasteiger partial charge in [0.2, 0.25) is 0 Å². The van der Waals surface area contributed by atoms with Gasteiger partial charge >= 0.3 is 0 Å². The quantitative estimate of drug-likeness (QED) is 0.705. The molecule has 0 saturated carbocycles. The molecule has 1 amide bonds. The van der Waals surface area contributed by atoms with Gasteiger partial charge < -0.3 is 15.4 Å². The monoisotopic (exact) mass is 265 g/mol. The number of ether oxygens (including phenoxy) is 1. The Morgan fingerprint density at radius 1 is 1.42 bits per heavy atom. The molecule has 1 rings (SSSR count). The molecule has 0 radical (unpaired) electrons. The molecule has 5 heteroatoms. The molecule has 0 aromatic carbocycles. The third kappa shape index (κ3) is 5.70. The number of nitrogens with zero attached hydrogens (tertiary/aromatic N) is 1. The van der Waals surface area contributed by atoms with Crippen molar-refractivity contribution in [3.8, 4) is 0 Å². The zero-order valence-electron chi connectivity index (χ0n) is 11.9. The topological polar surface area (TPSA) is 63.2 Å². The summed E-state index contributed by atoms with van der Waals surface area (Å²) in [6.07, 6.45) is 4.28. The number of carbonyl (C=O) groups is 1. The summed E-state index contributed by atoms with van der Waals surface area (Å²) in [5.41, 5.74) is 1.32. The van der Waals surface area contributed by atoms with Crippen LogP contribution in [-0.4, -0.2) is 37.7 Å². The summed E-state index contributed by atoms with van der Waals surface area (Å²) in [5, 5.41) is 5.78. The number of anilines is 1. The van der Waals surface area contributed by atoms with Gasteiger partial charge in [0.05, 0.1) is 24.1 Å². The van der Waals surface area contributed by atoms with E-state index in [4.69, 9.17) is 4.74 Å². The summed E-state index contributed by atoms with van der Waals surface area (Å²) in [6.45, 7) is 6.12. The minimum Gasteiger partial charge on any atom is -0.386 e. The van der Waals surface area contributed by atoms with Crippen LogP contribution < -0.4 is 10.6 Å². The van der Waals surface area contributed by atoms with E-state index in [1.54, 1.807) is 25.5 Å². The Hall–Kier alpha value is -1.62. The minimum absolute atomic E-state index is 0.112. The highest BCUT2D eigenvalue weighted by Crippen LogP contribution is 2.11. The average Bonchev–Trinajstić information content (AvgIpc) is 2.42. The molecule has 106 valence electrons. The Labute approximate surface area is 114 Å². The van der Waals surface area contributed by atoms with Crippen LogP contribution in [0.4, 0.5) is 5.69 Å². The van der Waals surface area contributed by atoms with Crippen molar-refractivity contribution in [2.75, 3.05) is 32.1 Å². The number of hydrogen-bond acceptors (Lipinski definition) is 4. The van der Waals surface area contributed by atoms with Gasteiger partial charge in [0, 0.05) is 26.4 Å². The van der Waals surface area contributed by atoms with Crippen LogP contribution >= 0.6 is 0 Å². The Morgan fingerprint density at radius 2 is 2.21 bits per heavy atom. The molecule has 5 nitrogen and oxygen atoms in total. The summed E-state index contributed by atoms with van der Waals surface area (Å²) in [5.74, 6) is 0.531. The maximum Gasteiger partial charge on any atom is 0.253 e.